The van der Waals surface area contributed by atoms with E-state index in [0.29, 0.717) is 19.4 Å². The highest BCUT2D eigenvalue weighted by Gasteiger charge is 2.18. The van der Waals surface area contributed by atoms with Crippen molar-refractivity contribution in [3.8, 4) is 0 Å². The van der Waals surface area contributed by atoms with Gasteiger partial charge in [-0.15, -0.1) is 0 Å². The molecule has 3 N–H and O–H groups in total. The maximum Gasteiger partial charge on any atom is 0.305 e. The minimum absolute atomic E-state index is 0.0265. The fourth-order valence-corrected chi connectivity index (χ4v) is 12.8. The molecule has 0 aliphatic rings. The summed E-state index contributed by atoms with van der Waals surface area (Å²) in [6.07, 6.45) is 94.9. The SMILES string of the molecule is CCCCCCCCCCCCCCCCC/C=C/C(O)C(CO)NC(=O)CCCCCCCCCCCCCCCCCCCCCCCCCCCCCCCCCCCCCCCOC(=O)CCCCCCCCCCCCCCCC. The highest BCUT2D eigenvalue weighted by Crippen LogP contribution is 2.20. The van der Waals surface area contributed by atoms with Gasteiger partial charge >= 0.3 is 5.97 Å². The number of allylic oxidation sites excluding steroid dienone is 1. The van der Waals surface area contributed by atoms with Crippen molar-refractivity contribution < 1.29 is 24.5 Å². The second-order valence-electron chi connectivity index (χ2n) is 27.4. The first-order valence-electron chi connectivity index (χ1n) is 39.5. The van der Waals surface area contributed by atoms with E-state index in [1.807, 2.05) is 6.08 Å². The summed E-state index contributed by atoms with van der Waals surface area (Å²) in [5, 5.41) is 23.2. The molecule has 0 bridgehead atoms. The smallest absolute Gasteiger partial charge is 0.305 e. The van der Waals surface area contributed by atoms with Gasteiger partial charge in [-0.2, -0.15) is 0 Å². The summed E-state index contributed by atoms with van der Waals surface area (Å²) in [5.41, 5.74) is 0. The Bertz CT molecular complexity index is 1290. The molecule has 6 nitrogen and oxygen atoms in total. The van der Waals surface area contributed by atoms with Crippen molar-refractivity contribution in [3.05, 3.63) is 12.2 Å². The Morgan fingerprint density at radius 1 is 0.318 bits per heavy atom. The van der Waals surface area contributed by atoms with Crippen molar-refractivity contribution >= 4 is 11.9 Å². The molecule has 0 aliphatic heterocycles. The maximum absolute atomic E-state index is 12.5. The molecule has 0 heterocycles. The first-order valence-corrected chi connectivity index (χ1v) is 39.5. The van der Waals surface area contributed by atoms with Gasteiger partial charge in [0.15, 0.2) is 0 Å². The number of hydrogen-bond donors (Lipinski definition) is 3. The van der Waals surface area contributed by atoms with E-state index in [1.54, 1.807) is 6.08 Å². The minimum atomic E-state index is -0.840. The standard InChI is InChI=1S/C79H155NO5/c1-3-5-7-9-11-13-15-17-19-41-44-47-51-55-59-63-67-71-77(82)76(75-81)80-78(83)72-68-64-60-56-52-48-45-42-39-37-35-33-31-29-27-25-23-21-20-22-24-26-28-30-32-34-36-38-40-43-46-50-54-58-62-66-70-74-85-79(84)73-69-65-61-57-53-49-18-16-14-12-10-8-6-4-2/h67,71,76-77,81-82H,3-66,68-70,72-75H2,1-2H3,(H,80,83)/b71-67+. The minimum Gasteiger partial charge on any atom is -0.466 e. The number of aliphatic hydroxyl groups is 2. The van der Waals surface area contributed by atoms with E-state index in [2.05, 4.69) is 19.2 Å². The molecule has 6 heteroatoms. The number of carbonyl (C=O) groups excluding carboxylic acids is 2. The zero-order valence-electron chi connectivity index (χ0n) is 58.1. The number of carbonyl (C=O) groups is 2. The van der Waals surface area contributed by atoms with E-state index in [-0.39, 0.29) is 18.5 Å². The lowest BCUT2D eigenvalue weighted by Crippen LogP contribution is -2.45. The highest BCUT2D eigenvalue weighted by atomic mass is 16.5. The first-order chi connectivity index (χ1) is 42.0. The molecule has 0 aliphatic carbocycles. The quantitative estimate of drug-likeness (QED) is 0.0320. The number of ether oxygens (including phenoxy) is 1. The predicted molar refractivity (Wildman–Crippen MR) is 375 cm³/mol. The zero-order valence-corrected chi connectivity index (χ0v) is 58.1. The van der Waals surface area contributed by atoms with Gasteiger partial charge in [-0.05, 0) is 32.1 Å². The van der Waals surface area contributed by atoms with Gasteiger partial charge in [0.05, 0.1) is 25.4 Å². The number of hydrogen-bond acceptors (Lipinski definition) is 5. The number of nitrogens with one attached hydrogen (secondary N) is 1. The van der Waals surface area contributed by atoms with Crippen LogP contribution in [0.3, 0.4) is 0 Å². The second-order valence-corrected chi connectivity index (χ2v) is 27.4. The van der Waals surface area contributed by atoms with Gasteiger partial charge in [-0.25, -0.2) is 0 Å². The average Bonchev–Trinajstić information content (AvgIpc) is 3.51. The van der Waals surface area contributed by atoms with Crippen LogP contribution in [0.15, 0.2) is 12.2 Å². The Morgan fingerprint density at radius 2 is 0.541 bits per heavy atom. The second kappa shape index (κ2) is 75.1. The van der Waals surface area contributed by atoms with E-state index in [9.17, 15) is 19.8 Å². The number of aliphatic hydroxyl groups excluding tert-OH is 2. The first kappa shape index (κ1) is 83.6. The largest absolute Gasteiger partial charge is 0.466 e. The van der Waals surface area contributed by atoms with Crippen LogP contribution in [0.4, 0.5) is 0 Å². The van der Waals surface area contributed by atoms with Crippen molar-refractivity contribution in [1.82, 2.24) is 5.32 Å². The van der Waals surface area contributed by atoms with E-state index in [0.717, 1.165) is 38.5 Å². The Balaban J connectivity index is 3.30. The normalized spacial score (nSPS) is 12.5. The summed E-state index contributed by atoms with van der Waals surface area (Å²) in [6.45, 7) is 4.96. The number of esters is 1. The number of amides is 1. The lowest BCUT2D eigenvalue weighted by molar-refractivity contribution is -0.143. The van der Waals surface area contributed by atoms with Crippen LogP contribution in [0.25, 0.3) is 0 Å². The van der Waals surface area contributed by atoms with E-state index in [1.165, 1.54) is 392 Å². The highest BCUT2D eigenvalue weighted by molar-refractivity contribution is 5.76. The van der Waals surface area contributed by atoms with Gasteiger partial charge in [0.2, 0.25) is 5.91 Å². The summed E-state index contributed by atoms with van der Waals surface area (Å²) in [6, 6.07) is -0.623. The van der Waals surface area contributed by atoms with E-state index < -0.39 is 12.1 Å². The lowest BCUT2D eigenvalue weighted by Gasteiger charge is -2.20. The van der Waals surface area contributed by atoms with E-state index >= 15 is 0 Å². The van der Waals surface area contributed by atoms with Gasteiger partial charge in [0.1, 0.15) is 0 Å². The fraction of sp³-hybridized carbons (Fsp3) is 0.949. The predicted octanol–water partition coefficient (Wildman–Crippen LogP) is 25.9. The van der Waals surface area contributed by atoms with Crippen molar-refractivity contribution in [2.24, 2.45) is 0 Å². The Morgan fingerprint density at radius 3 is 0.800 bits per heavy atom. The van der Waals surface area contributed by atoms with Crippen LogP contribution in [0.2, 0.25) is 0 Å². The summed E-state index contributed by atoms with van der Waals surface area (Å²) in [4.78, 5) is 24.6. The zero-order chi connectivity index (χ0) is 61.3. The van der Waals surface area contributed by atoms with Crippen molar-refractivity contribution in [3.63, 3.8) is 0 Å². The van der Waals surface area contributed by atoms with Crippen LogP contribution in [0.1, 0.15) is 457 Å². The van der Waals surface area contributed by atoms with E-state index in [4.69, 9.17) is 4.74 Å². The van der Waals surface area contributed by atoms with Gasteiger partial charge in [0, 0.05) is 12.8 Å². The summed E-state index contributed by atoms with van der Waals surface area (Å²) in [5.74, 6) is -0.0316. The molecule has 0 saturated carbocycles. The molecule has 0 fully saturated rings. The molecule has 2 atom stereocenters. The van der Waals surface area contributed by atoms with Crippen LogP contribution in [0, 0.1) is 0 Å². The summed E-state index contributed by atoms with van der Waals surface area (Å²) >= 11 is 0. The van der Waals surface area contributed by atoms with Crippen LogP contribution in [0.5, 0.6) is 0 Å². The Kier molecular flexibility index (Phi) is 73.8. The van der Waals surface area contributed by atoms with Crippen LogP contribution < -0.4 is 5.32 Å². The molecule has 0 saturated heterocycles. The molecule has 0 radical (unpaired) electrons. The van der Waals surface area contributed by atoms with Gasteiger partial charge < -0.3 is 20.3 Å². The molecule has 2 unspecified atom stereocenters. The summed E-state index contributed by atoms with van der Waals surface area (Å²) in [7, 11) is 0. The third-order valence-electron chi connectivity index (χ3n) is 18.8. The molecule has 0 aromatic rings. The third kappa shape index (κ3) is 71.6. The monoisotopic (exact) mass is 1200 g/mol. The van der Waals surface area contributed by atoms with Crippen molar-refractivity contribution in [2.75, 3.05) is 13.2 Å². The van der Waals surface area contributed by atoms with Crippen LogP contribution in [-0.4, -0.2) is 47.4 Å². The average molecular weight is 1200 g/mol. The van der Waals surface area contributed by atoms with Crippen LogP contribution >= 0.6 is 0 Å². The molecule has 0 rings (SSSR count). The Labute approximate surface area is 533 Å². The van der Waals surface area contributed by atoms with Gasteiger partial charge in [-0.3, -0.25) is 9.59 Å². The topological polar surface area (TPSA) is 95.9 Å². The molecular weight excluding hydrogens is 1040 g/mol. The van der Waals surface area contributed by atoms with Gasteiger partial charge in [-0.1, -0.05) is 424 Å². The van der Waals surface area contributed by atoms with Crippen molar-refractivity contribution in [2.45, 2.75) is 469 Å². The lowest BCUT2D eigenvalue weighted by atomic mass is 10.0. The summed E-state index contributed by atoms with van der Waals surface area (Å²) < 4.78 is 5.50. The molecule has 0 aromatic heterocycles. The fourth-order valence-electron chi connectivity index (χ4n) is 12.8. The third-order valence-corrected chi connectivity index (χ3v) is 18.8. The van der Waals surface area contributed by atoms with Gasteiger partial charge in [0.25, 0.3) is 0 Å². The molecule has 1 amide bonds. The number of unbranched alkanes of at least 4 members (excludes halogenated alkanes) is 64. The Hall–Kier alpha value is -1.40. The molecule has 506 valence electrons. The molecule has 85 heavy (non-hydrogen) atoms. The van der Waals surface area contributed by atoms with Crippen LogP contribution in [-0.2, 0) is 14.3 Å². The molecule has 0 spiro atoms. The van der Waals surface area contributed by atoms with Crippen molar-refractivity contribution in [1.29, 1.82) is 0 Å². The number of rotatable bonds is 75. The molecule has 0 aromatic carbocycles. The molecular formula is C79H155NO5. The maximum atomic E-state index is 12.5.